The highest BCUT2D eigenvalue weighted by molar-refractivity contribution is 5.35. The first-order valence-corrected chi connectivity index (χ1v) is 6.02. The van der Waals surface area contributed by atoms with E-state index in [1.807, 2.05) is 46.8 Å². The van der Waals surface area contributed by atoms with Crippen molar-refractivity contribution in [1.82, 2.24) is 5.32 Å². The van der Waals surface area contributed by atoms with Gasteiger partial charge in [-0.3, -0.25) is 0 Å². The lowest BCUT2D eigenvalue weighted by atomic mass is 10.1. The van der Waals surface area contributed by atoms with Crippen LogP contribution in [0.4, 0.5) is 0 Å². The van der Waals surface area contributed by atoms with Crippen molar-refractivity contribution in [2.45, 2.75) is 54.0 Å². The zero-order valence-corrected chi connectivity index (χ0v) is 11.2. The Balaban J connectivity index is 0. The number of rotatable bonds is 2. The summed E-state index contributed by atoms with van der Waals surface area (Å²) in [5, 5.41) is 3.38. The molecule has 0 bridgehead atoms. The fourth-order valence-corrected chi connectivity index (χ4v) is 1.36. The molecule has 1 aliphatic heterocycles. The van der Waals surface area contributed by atoms with E-state index in [1.165, 1.54) is 11.3 Å². The van der Waals surface area contributed by atoms with Crippen LogP contribution >= 0.6 is 0 Å². The first-order chi connectivity index (χ1) is 7.27. The van der Waals surface area contributed by atoms with Gasteiger partial charge in [-0.05, 0) is 31.9 Å². The molecule has 0 amide bonds. The molecule has 0 aliphatic carbocycles. The van der Waals surface area contributed by atoms with Gasteiger partial charge in [0.2, 0.25) is 0 Å². The van der Waals surface area contributed by atoms with Crippen LogP contribution in [0.15, 0.2) is 36.1 Å². The first-order valence-electron chi connectivity index (χ1n) is 6.02. The molecule has 1 heterocycles. The van der Waals surface area contributed by atoms with E-state index in [4.69, 9.17) is 0 Å². The molecule has 1 unspecified atom stereocenters. The van der Waals surface area contributed by atoms with Gasteiger partial charge in [-0.25, -0.2) is 0 Å². The Labute approximate surface area is 96.0 Å². The predicted molar refractivity (Wildman–Crippen MR) is 71.9 cm³/mol. The summed E-state index contributed by atoms with van der Waals surface area (Å²) in [6, 6.07) is 0.564. The molecular formula is C14H27N. The van der Waals surface area contributed by atoms with Gasteiger partial charge in [-0.15, -0.1) is 0 Å². The van der Waals surface area contributed by atoms with E-state index in [2.05, 4.69) is 24.9 Å². The summed E-state index contributed by atoms with van der Waals surface area (Å²) in [4.78, 5) is 0. The van der Waals surface area contributed by atoms with E-state index < -0.39 is 0 Å². The van der Waals surface area contributed by atoms with Gasteiger partial charge in [0.15, 0.2) is 0 Å². The normalized spacial score (nSPS) is 18.7. The molecule has 0 aromatic carbocycles. The largest absolute Gasteiger partial charge is 0.382 e. The molecule has 15 heavy (non-hydrogen) atoms. The van der Waals surface area contributed by atoms with Crippen LogP contribution in [-0.4, -0.2) is 6.04 Å². The topological polar surface area (TPSA) is 12.0 Å². The minimum absolute atomic E-state index is 0.564. The molecule has 88 valence electrons. The Kier molecular flexibility index (Phi) is 12.2. The Morgan fingerprint density at radius 2 is 1.80 bits per heavy atom. The molecule has 1 rings (SSSR count). The minimum atomic E-state index is 0.564. The van der Waals surface area contributed by atoms with Gasteiger partial charge in [-0.2, -0.15) is 0 Å². The second-order valence-electron chi connectivity index (χ2n) is 2.89. The summed E-state index contributed by atoms with van der Waals surface area (Å²) in [5.41, 5.74) is 2.56. The van der Waals surface area contributed by atoms with Gasteiger partial charge >= 0.3 is 0 Å². The van der Waals surface area contributed by atoms with Crippen molar-refractivity contribution in [3.8, 4) is 0 Å². The first kappa shape index (κ1) is 16.4. The maximum atomic E-state index is 3.78. The molecule has 0 saturated heterocycles. The van der Waals surface area contributed by atoms with Crippen LogP contribution in [-0.2, 0) is 0 Å². The van der Waals surface area contributed by atoms with Crippen LogP contribution < -0.4 is 5.32 Å². The lowest BCUT2D eigenvalue weighted by Gasteiger charge is -2.02. The van der Waals surface area contributed by atoms with Gasteiger partial charge in [-0.1, -0.05) is 46.4 Å². The Hall–Kier alpha value is -0.980. The van der Waals surface area contributed by atoms with Crippen LogP contribution in [0.3, 0.4) is 0 Å². The van der Waals surface area contributed by atoms with E-state index >= 15 is 0 Å². The second kappa shape index (κ2) is 11.1. The highest BCUT2D eigenvalue weighted by Gasteiger charge is 2.14. The second-order valence-corrected chi connectivity index (χ2v) is 2.89. The standard InChI is InChI=1S/C10H15N.2C2H6/c1-4-6-10-9(5-2)7-8(3)11-10;2*1-2/h4-6,8,11H,2,7H2,1,3H3;2*1-2H3/b6-4-;;. The van der Waals surface area contributed by atoms with Crippen LogP contribution in [0.25, 0.3) is 0 Å². The van der Waals surface area contributed by atoms with Gasteiger partial charge in [0.1, 0.15) is 0 Å². The van der Waals surface area contributed by atoms with Crippen LogP contribution in [0.1, 0.15) is 48.0 Å². The Bertz CT molecular complexity index is 211. The molecule has 1 nitrogen and oxygen atoms in total. The summed E-state index contributed by atoms with van der Waals surface area (Å²) in [6.45, 7) is 16.0. The van der Waals surface area contributed by atoms with Crippen molar-refractivity contribution in [1.29, 1.82) is 0 Å². The van der Waals surface area contributed by atoms with E-state index in [9.17, 15) is 0 Å². The number of nitrogens with one attached hydrogen (secondary N) is 1. The van der Waals surface area contributed by atoms with Gasteiger partial charge in [0, 0.05) is 11.7 Å². The molecule has 0 saturated carbocycles. The van der Waals surface area contributed by atoms with Gasteiger partial charge in [0.25, 0.3) is 0 Å². The third-order valence-corrected chi connectivity index (χ3v) is 1.85. The average Bonchev–Trinajstić information content (AvgIpc) is 2.65. The summed E-state index contributed by atoms with van der Waals surface area (Å²) in [7, 11) is 0. The van der Waals surface area contributed by atoms with E-state index in [1.54, 1.807) is 0 Å². The van der Waals surface area contributed by atoms with Crippen molar-refractivity contribution in [3.63, 3.8) is 0 Å². The third-order valence-electron chi connectivity index (χ3n) is 1.85. The highest BCUT2D eigenvalue weighted by atomic mass is 14.9. The number of allylic oxidation sites excluding steroid dienone is 3. The predicted octanol–water partition coefficient (Wildman–Crippen LogP) is 4.44. The van der Waals surface area contributed by atoms with E-state index in [0.717, 1.165) is 6.42 Å². The van der Waals surface area contributed by atoms with Crippen LogP contribution in [0.2, 0.25) is 0 Å². The Morgan fingerprint density at radius 3 is 2.20 bits per heavy atom. The molecule has 1 heteroatoms. The summed E-state index contributed by atoms with van der Waals surface area (Å²) in [6.07, 6.45) is 7.18. The lowest BCUT2D eigenvalue weighted by Crippen LogP contribution is -2.17. The summed E-state index contributed by atoms with van der Waals surface area (Å²) < 4.78 is 0. The minimum Gasteiger partial charge on any atom is -0.382 e. The van der Waals surface area contributed by atoms with E-state index in [0.29, 0.717) is 6.04 Å². The average molecular weight is 209 g/mol. The van der Waals surface area contributed by atoms with Crippen molar-refractivity contribution >= 4 is 0 Å². The molecule has 1 aliphatic rings. The lowest BCUT2D eigenvalue weighted by molar-refractivity contribution is 0.675. The van der Waals surface area contributed by atoms with Crippen molar-refractivity contribution < 1.29 is 0 Å². The maximum Gasteiger partial charge on any atom is 0.0372 e. The molecule has 1 N–H and O–H groups in total. The summed E-state index contributed by atoms with van der Waals surface area (Å²) >= 11 is 0. The third kappa shape index (κ3) is 6.16. The fourth-order valence-electron chi connectivity index (χ4n) is 1.36. The van der Waals surface area contributed by atoms with E-state index in [-0.39, 0.29) is 0 Å². The van der Waals surface area contributed by atoms with Crippen molar-refractivity contribution in [2.24, 2.45) is 0 Å². The monoisotopic (exact) mass is 209 g/mol. The molecule has 0 fully saturated rings. The van der Waals surface area contributed by atoms with Crippen molar-refractivity contribution in [3.05, 3.63) is 36.1 Å². The molecule has 0 radical (unpaired) electrons. The van der Waals surface area contributed by atoms with Crippen LogP contribution in [0.5, 0.6) is 0 Å². The SMILES string of the molecule is C=CC1=C(/C=C\C)NC(C)C1.CC.CC. The smallest absolute Gasteiger partial charge is 0.0372 e. The van der Waals surface area contributed by atoms with Gasteiger partial charge in [0.05, 0.1) is 0 Å². The number of hydrogen-bond acceptors (Lipinski definition) is 1. The molecule has 0 aromatic heterocycles. The zero-order chi connectivity index (χ0) is 12.3. The fraction of sp³-hybridized carbons (Fsp3) is 0.571. The Morgan fingerprint density at radius 1 is 1.27 bits per heavy atom. The zero-order valence-electron chi connectivity index (χ0n) is 11.2. The highest BCUT2D eigenvalue weighted by Crippen LogP contribution is 2.19. The summed E-state index contributed by atoms with van der Waals surface area (Å²) in [5.74, 6) is 0. The molecule has 0 spiro atoms. The van der Waals surface area contributed by atoms with Crippen molar-refractivity contribution in [2.75, 3.05) is 0 Å². The van der Waals surface area contributed by atoms with Crippen LogP contribution in [0, 0.1) is 0 Å². The molecule has 0 aromatic rings. The van der Waals surface area contributed by atoms with Gasteiger partial charge < -0.3 is 5.32 Å². The molecule has 1 atom stereocenters. The number of hydrogen-bond donors (Lipinski definition) is 1. The maximum absolute atomic E-state index is 3.78. The quantitative estimate of drug-likeness (QED) is 0.709. The molecular weight excluding hydrogens is 182 g/mol.